The van der Waals surface area contributed by atoms with E-state index in [9.17, 15) is 9.90 Å². The van der Waals surface area contributed by atoms with Crippen molar-refractivity contribution in [3.05, 3.63) is 28.2 Å². The number of carbonyl (C=O) groups is 1. The van der Waals surface area contributed by atoms with Crippen LogP contribution in [0.5, 0.6) is 0 Å². The van der Waals surface area contributed by atoms with E-state index >= 15 is 0 Å². The first-order valence-corrected chi connectivity index (χ1v) is 8.07. The fraction of sp³-hybridized carbons (Fsp3) is 0.467. The minimum Gasteiger partial charge on any atom is -0.481 e. The first kappa shape index (κ1) is 13.8. The van der Waals surface area contributed by atoms with Crippen LogP contribution in [0.4, 0.5) is 0 Å². The highest BCUT2D eigenvalue weighted by Crippen LogP contribution is 2.41. The van der Waals surface area contributed by atoms with Crippen molar-refractivity contribution in [2.24, 2.45) is 5.41 Å². The zero-order chi connectivity index (χ0) is 14.2. The summed E-state index contributed by atoms with van der Waals surface area (Å²) in [6, 6.07) is 5.64. The molecule has 0 spiro atoms. The first-order chi connectivity index (χ1) is 9.59. The van der Waals surface area contributed by atoms with Crippen molar-refractivity contribution in [2.75, 3.05) is 0 Å². The van der Waals surface area contributed by atoms with Crippen molar-refractivity contribution >= 4 is 39.1 Å². The molecule has 2 aromatic rings. The fourth-order valence-corrected chi connectivity index (χ4v) is 4.27. The SMILES string of the molecule is O=C(O)C1(Cc2nc3cc(Cl)ccc3s2)CCCCC1. The number of nitrogens with zero attached hydrogens (tertiary/aromatic N) is 1. The third kappa shape index (κ3) is 2.54. The van der Waals surface area contributed by atoms with Crippen molar-refractivity contribution in [1.82, 2.24) is 4.98 Å². The molecule has 1 aliphatic rings. The summed E-state index contributed by atoms with van der Waals surface area (Å²) in [5.41, 5.74) is 0.254. The second-order valence-corrected chi connectivity index (χ2v) is 7.09. The molecule has 3 rings (SSSR count). The van der Waals surface area contributed by atoms with Gasteiger partial charge in [0, 0.05) is 11.4 Å². The van der Waals surface area contributed by atoms with Crippen molar-refractivity contribution in [1.29, 1.82) is 0 Å². The van der Waals surface area contributed by atoms with Crippen LogP contribution in [-0.2, 0) is 11.2 Å². The predicted octanol–water partition coefficient (Wildman–Crippen LogP) is 4.53. The number of halogens is 1. The lowest BCUT2D eigenvalue weighted by molar-refractivity contribution is -0.151. The summed E-state index contributed by atoms with van der Waals surface area (Å²) in [4.78, 5) is 16.3. The predicted molar refractivity (Wildman–Crippen MR) is 81.5 cm³/mol. The largest absolute Gasteiger partial charge is 0.481 e. The summed E-state index contributed by atoms with van der Waals surface area (Å²) in [7, 11) is 0. The lowest BCUT2D eigenvalue weighted by Crippen LogP contribution is -2.35. The Bertz CT molecular complexity index is 646. The molecule has 0 saturated heterocycles. The van der Waals surface area contributed by atoms with Gasteiger partial charge in [0.25, 0.3) is 0 Å². The monoisotopic (exact) mass is 309 g/mol. The molecule has 1 aromatic carbocycles. The van der Waals surface area contributed by atoms with Gasteiger partial charge in [0.1, 0.15) is 0 Å². The average molecular weight is 310 g/mol. The van der Waals surface area contributed by atoms with Gasteiger partial charge in [-0.25, -0.2) is 4.98 Å². The number of rotatable bonds is 3. The molecule has 0 aliphatic heterocycles. The summed E-state index contributed by atoms with van der Waals surface area (Å²) < 4.78 is 1.07. The van der Waals surface area contributed by atoms with Crippen LogP contribution < -0.4 is 0 Å². The molecule has 1 aromatic heterocycles. The smallest absolute Gasteiger partial charge is 0.310 e. The van der Waals surface area contributed by atoms with Gasteiger partial charge in [0.2, 0.25) is 0 Å². The minimum absolute atomic E-state index is 0.541. The molecular weight excluding hydrogens is 294 g/mol. The van der Waals surface area contributed by atoms with Gasteiger partial charge in [-0.15, -0.1) is 11.3 Å². The van der Waals surface area contributed by atoms with Gasteiger partial charge in [-0.1, -0.05) is 30.9 Å². The number of fused-ring (bicyclic) bond motifs is 1. The summed E-state index contributed by atoms with van der Waals surface area (Å²) in [6.45, 7) is 0. The lowest BCUT2D eigenvalue weighted by Gasteiger charge is -2.32. The molecule has 0 amide bonds. The molecule has 0 unspecified atom stereocenters. The van der Waals surface area contributed by atoms with Crippen molar-refractivity contribution in [3.63, 3.8) is 0 Å². The highest BCUT2D eigenvalue weighted by Gasteiger charge is 2.40. The van der Waals surface area contributed by atoms with Crippen LogP contribution in [0.15, 0.2) is 18.2 Å². The second-order valence-electron chi connectivity index (χ2n) is 5.54. The Morgan fingerprint density at radius 1 is 1.35 bits per heavy atom. The first-order valence-electron chi connectivity index (χ1n) is 6.87. The Morgan fingerprint density at radius 3 is 2.80 bits per heavy atom. The van der Waals surface area contributed by atoms with Gasteiger partial charge in [0.15, 0.2) is 0 Å². The molecule has 1 heterocycles. The maximum absolute atomic E-state index is 11.7. The van der Waals surface area contributed by atoms with Crippen LogP contribution in [-0.4, -0.2) is 16.1 Å². The van der Waals surface area contributed by atoms with Crippen LogP contribution in [0.1, 0.15) is 37.1 Å². The zero-order valence-corrected chi connectivity index (χ0v) is 12.6. The summed E-state index contributed by atoms with van der Waals surface area (Å²) in [5, 5.41) is 11.2. The molecular formula is C15H16ClNO2S. The van der Waals surface area contributed by atoms with Crippen LogP contribution in [0.25, 0.3) is 10.2 Å². The quantitative estimate of drug-likeness (QED) is 0.906. The summed E-state index contributed by atoms with van der Waals surface area (Å²) in [6.07, 6.45) is 5.22. The van der Waals surface area contributed by atoms with E-state index in [2.05, 4.69) is 4.98 Å². The van der Waals surface area contributed by atoms with E-state index < -0.39 is 11.4 Å². The van der Waals surface area contributed by atoms with E-state index in [4.69, 9.17) is 11.6 Å². The maximum atomic E-state index is 11.7. The number of hydrogen-bond acceptors (Lipinski definition) is 3. The molecule has 1 N–H and O–H groups in total. The van der Waals surface area contributed by atoms with Gasteiger partial charge in [-0.2, -0.15) is 0 Å². The normalized spacial score (nSPS) is 18.2. The van der Waals surface area contributed by atoms with E-state index in [1.165, 1.54) is 0 Å². The van der Waals surface area contributed by atoms with E-state index in [0.29, 0.717) is 11.4 Å². The standard InChI is InChI=1S/C15H16ClNO2S/c16-10-4-5-12-11(8-10)17-13(20-12)9-15(14(18)19)6-2-1-3-7-15/h4-5,8H,1-3,6-7,9H2,(H,18,19). The van der Waals surface area contributed by atoms with Crippen molar-refractivity contribution in [3.8, 4) is 0 Å². The maximum Gasteiger partial charge on any atom is 0.310 e. The Morgan fingerprint density at radius 2 is 2.10 bits per heavy atom. The van der Waals surface area contributed by atoms with Gasteiger partial charge in [0.05, 0.1) is 20.6 Å². The summed E-state index contributed by atoms with van der Waals surface area (Å²) >= 11 is 7.55. The Hall–Kier alpha value is -1.13. The van der Waals surface area contributed by atoms with E-state index in [1.807, 2.05) is 18.2 Å². The average Bonchev–Trinajstić information content (AvgIpc) is 2.80. The van der Waals surface area contributed by atoms with Gasteiger partial charge >= 0.3 is 5.97 Å². The molecule has 0 radical (unpaired) electrons. The molecule has 0 bridgehead atoms. The molecule has 106 valence electrons. The molecule has 1 fully saturated rings. The van der Waals surface area contributed by atoms with E-state index in [-0.39, 0.29) is 0 Å². The highest BCUT2D eigenvalue weighted by molar-refractivity contribution is 7.18. The third-order valence-corrected chi connectivity index (χ3v) is 5.42. The minimum atomic E-state index is -0.672. The lowest BCUT2D eigenvalue weighted by atomic mass is 9.72. The van der Waals surface area contributed by atoms with Gasteiger partial charge < -0.3 is 5.11 Å². The second kappa shape index (κ2) is 5.34. The number of benzene rings is 1. The van der Waals surface area contributed by atoms with E-state index in [1.54, 1.807) is 11.3 Å². The molecule has 20 heavy (non-hydrogen) atoms. The molecule has 1 saturated carbocycles. The fourth-order valence-electron chi connectivity index (χ4n) is 3.01. The number of hydrogen-bond donors (Lipinski definition) is 1. The Kier molecular flexibility index (Phi) is 3.69. The zero-order valence-electron chi connectivity index (χ0n) is 11.1. The number of aliphatic carboxylic acids is 1. The molecule has 3 nitrogen and oxygen atoms in total. The van der Waals surface area contributed by atoms with Crippen LogP contribution in [0.3, 0.4) is 0 Å². The number of carboxylic acid groups (broad SMARTS) is 1. The third-order valence-electron chi connectivity index (χ3n) is 4.15. The number of carboxylic acids is 1. The van der Waals surface area contributed by atoms with Crippen LogP contribution in [0, 0.1) is 5.41 Å². The van der Waals surface area contributed by atoms with Gasteiger partial charge in [-0.05, 0) is 31.0 Å². The van der Waals surface area contributed by atoms with Gasteiger partial charge in [-0.3, -0.25) is 4.79 Å². The van der Waals surface area contributed by atoms with E-state index in [0.717, 1.165) is 47.3 Å². The van der Waals surface area contributed by atoms with Crippen molar-refractivity contribution < 1.29 is 9.90 Å². The summed E-state index contributed by atoms with van der Waals surface area (Å²) in [5.74, 6) is -0.672. The van der Waals surface area contributed by atoms with Crippen LogP contribution >= 0.6 is 22.9 Å². The molecule has 1 aliphatic carbocycles. The topological polar surface area (TPSA) is 50.2 Å². The Balaban J connectivity index is 1.92. The number of aromatic nitrogens is 1. The molecule has 0 atom stereocenters. The Labute approximate surface area is 126 Å². The highest BCUT2D eigenvalue weighted by atomic mass is 35.5. The van der Waals surface area contributed by atoms with Crippen LogP contribution in [0.2, 0.25) is 5.02 Å². The number of thiazole rings is 1. The molecule has 5 heteroatoms. The van der Waals surface area contributed by atoms with Crippen molar-refractivity contribution in [2.45, 2.75) is 38.5 Å².